The normalized spacial score (nSPS) is 12.2. The molecule has 0 spiro atoms. The number of alkyl halides is 6. The minimum absolute atomic E-state index is 0.309. The first-order valence-corrected chi connectivity index (χ1v) is 12.0. The molecule has 3 rings (SSSR count). The van der Waals surface area contributed by atoms with Crippen molar-refractivity contribution in [1.29, 1.82) is 0 Å². The van der Waals surface area contributed by atoms with E-state index in [1.165, 1.54) is 0 Å². The van der Waals surface area contributed by atoms with Crippen LogP contribution in [0.2, 0.25) is 0 Å². The van der Waals surface area contributed by atoms with Gasteiger partial charge in [0, 0.05) is 12.1 Å². The van der Waals surface area contributed by atoms with Gasteiger partial charge in [-0.05, 0) is 49.2 Å². The highest BCUT2D eigenvalue weighted by atomic mass is 32.2. The number of carbonyl (C=O) groups is 1. The van der Waals surface area contributed by atoms with E-state index >= 15 is 0 Å². The summed E-state index contributed by atoms with van der Waals surface area (Å²) in [4.78, 5) is 15.0. The maximum Gasteiger partial charge on any atom is 0.403 e. The van der Waals surface area contributed by atoms with Crippen molar-refractivity contribution in [2.45, 2.75) is 40.9 Å². The molecule has 0 atom stereocenters. The molecule has 10 heteroatoms. The molecule has 0 radical (unpaired) electrons. The Labute approximate surface area is 207 Å². The zero-order valence-corrected chi connectivity index (χ0v) is 20.1. The van der Waals surface area contributed by atoms with Crippen molar-refractivity contribution in [2.75, 3.05) is 13.2 Å². The molecule has 0 saturated heterocycles. The van der Waals surface area contributed by atoms with Crippen LogP contribution in [-0.4, -0.2) is 31.5 Å². The molecule has 3 aromatic rings. The van der Waals surface area contributed by atoms with Crippen molar-refractivity contribution in [3.8, 4) is 5.75 Å². The number of esters is 1. The summed E-state index contributed by atoms with van der Waals surface area (Å²) in [5.41, 5.74) is 1.32. The van der Waals surface area contributed by atoms with Gasteiger partial charge < -0.3 is 9.47 Å². The first-order valence-electron chi connectivity index (χ1n) is 10.8. The number of aryl methyl sites for hydroxylation is 2. The third-order valence-electron chi connectivity index (χ3n) is 5.16. The smallest absolute Gasteiger partial charge is 0.403 e. The summed E-state index contributed by atoms with van der Waals surface area (Å²) in [6, 6.07) is 23.5. The van der Waals surface area contributed by atoms with Crippen LogP contribution in [0.3, 0.4) is 0 Å². The highest BCUT2D eigenvalue weighted by molar-refractivity contribution is 7.97. The van der Waals surface area contributed by atoms with Gasteiger partial charge in [-0.25, -0.2) is 4.79 Å². The Hall–Kier alpha value is -3.14. The Balaban J connectivity index is 1.76. The van der Waals surface area contributed by atoms with Gasteiger partial charge in [-0.15, -0.1) is 0 Å². The van der Waals surface area contributed by atoms with Crippen molar-refractivity contribution in [1.82, 2.24) is 0 Å². The summed E-state index contributed by atoms with van der Waals surface area (Å²) in [6.07, 6.45) is -11.2. The Morgan fingerprint density at radius 1 is 0.778 bits per heavy atom. The van der Waals surface area contributed by atoms with E-state index in [4.69, 9.17) is 4.74 Å². The lowest BCUT2D eigenvalue weighted by Crippen LogP contribution is -2.40. The molecule has 0 fully saturated rings. The van der Waals surface area contributed by atoms with Gasteiger partial charge in [-0.2, -0.15) is 26.3 Å². The van der Waals surface area contributed by atoms with Crippen molar-refractivity contribution in [3.63, 3.8) is 0 Å². The Bertz CT molecular complexity index is 1090. The predicted octanol–water partition coefficient (Wildman–Crippen LogP) is 7.06. The predicted molar refractivity (Wildman–Crippen MR) is 123 cm³/mol. The molecular weight excluding hydrogens is 506 g/mol. The fourth-order valence-electron chi connectivity index (χ4n) is 3.50. The molecule has 0 aliphatic rings. The molecule has 0 unspecified atom stereocenters. The van der Waals surface area contributed by atoms with E-state index in [2.05, 4.69) is 4.74 Å². The van der Waals surface area contributed by atoms with Crippen LogP contribution >= 0.6 is 0 Å². The molecule has 0 aliphatic heterocycles. The highest BCUT2D eigenvalue weighted by Gasteiger charge is 2.57. The van der Waals surface area contributed by atoms with Gasteiger partial charge in [-0.1, -0.05) is 36.4 Å². The molecule has 3 nitrogen and oxygen atoms in total. The van der Waals surface area contributed by atoms with Crippen LogP contribution in [-0.2, 0) is 20.4 Å². The molecule has 0 N–H and O–H groups in total. The SMILES string of the molecule is Cc1cc([S+](c2ccccc2)c2ccccc2)cc(C)c1OCC(=O)OCC(C(F)(F)F)C(F)(F)F. The van der Waals surface area contributed by atoms with E-state index < -0.39 is 48.3 Å². The second-order valence-corrected chi connectivity index (χ2v) is 9.95. The molecule has 192 valence electrons. The quantitative estimate of drug-likeness (QED) is 0.178. The largest absolute Gasteiger partial charge is 0.481 e. The minimum Gasteiger partial charge on any atom is -0.481 e. The van der Waals surface area contributed by atoms with Crippen LogP contribution < -0.4 is 4.74 Å². The Morgan fingerprint density at radius 3 is 1.64 bits per heavy atom. The van der Waals surface area contributed by atoms with Gasteiger partial charge in [0.25, 0.3) is 0 Å². The molecule has 0 heterocycles. The third kappa shape index (κ3) is 6.96. The maximum absolute atomic E-state index is 12.6. The summed E-state index contributed by atoms with van der Waals surface area (Å²) in [5, 5.41) is 0. The summed E-state index contributed by atoms with van der Waals surface area (Å²) in [7, 11) is -0.442. The molecule has 0 amide bonds. The molecule has 3 aromatic carbocycles. The second kappa shape index (κ2) is 11.3. The second-order valence-electron chi connectivity index (χ2n) is 7.93. The van der Waals surface area contributed by atoms with E-state index in [0.717, 1.165) is 14.7 Å². The van der Waals surface area contributed by atoms with Gasteiger partial charge in [0.1, 0.15) is 12.4 Å². The highest BCUT2D eigenvalue weighted by Crippen LogP contribution is 2.39. The number of halogens is 6. The molecular formula is C26H23F6O3S+. The summed E-state index contributed by atoms with van der Waals surface area (Å²) >= 11 is 0. The molecule has 0 bridgehead atoms. The van der Waals surface area contributed by atoms with Crippen LogP contribution in [0.4, 0.5) is 26.3 Å². The van der Waals surface area contributed by atoms with Crippen LogP contribution in [0.5, 0.6) is 5.75 Å². The summed E-state index contributed by atoms with van der Waals surface area (Å²) in [5.74, 6) is -4.78. The van der Waals surface area contributed by atoms with E-state index in [0.29, 0.717) is 16.9 Å². The standard InChI is InChI=1S/C26H23F6O3S/c1-17-13-21(36(19-9-5-3-6-10-19)20-11-7-4-8-12-20)14-18(2)24(17)35-16-23(33)34-15-22(25(27,28)29)26(30,31)32/h3-14,22H,15-16H2,1-2H3/q+1. The number of hydrogen-bond donors (Lipinski definition) is 0. The van der Waals surface area contributed by atoms with Gasteiger partial charge in [0.2, 0.25) is 0 Å². The lowest BCUT2D eigenvalue weighted by molar-refractivity contribution is -0.292. The summed E-state index contributed by atoms with van der Waals surface area (Å²) < 4.78 is 85.5. The van der Waals surface area contributed by atoms with Crippen LogP contribution in [0.15, 0.2) is 87.5 Å². The lowest BCUT2D eigenvalue weighted by atomic mass is 10.1. The fraction of sp³-hybridized carbons (Fsp3) is 0.269. The van der Waals surface area contributed by atoms with Gasteiger partial charge in [0.15, 0.2) is 27.2 Å². The van der Waals surface area contributed by atoms with E-state index in [1.807, 2.05) is 72.8 Å². The molecule has 0 aromatic heterocycles. The first kappa shape index (κ1) is 27.4. The van der Waals surface area contributed by atoms with Crippen LogP contribution in [0.1, 0.15) is 11.1 Å². The van der Waals surface area contributed by atoms with Crippen molar-refractivity contribution in [2.24, 2.45) is 5.92 Å². The van der Waals surface area contributed by atoms with E-state index in [-0.39, 0.29) is 0 Å². The molecule has 0 aliphatic carbocycles. The minimum atomic E-state index is -5.59. The number of ether oxygens (including phenoxy) is 2. The van der Waals surface area contributed by atoms with Crippen molar-refractivity contribution in [3.05, 3.63) is 83.9 Å². The monoisotopic (exact) mass is 529 g/mol. The van der Waals surface area contributed by atoms with E-state index in [1.54, 1.807) is 13.8 Å². The van der Waals surface area contributed by atoms with Crippen LogP contribution in [0, 0.1) is 19.8 Å². The third-order valence-corrected chi connectivity index (χ3v) is 7.36. The van der Waals surface area contributed by atoms with Gasteiger partial charge in [0.05, 0.1) is 10.9 Å². The number of carbonyl (C=O) groups excluding carboxylic acids is 1. The lowest BCUT2D eigenvalue weighted by Gasteiger charge is -2.22. The average molecular weight is 530 g/mol. The zero-order valence-electron chi connectivity index (χ0n) is 19.3. The number of benzene rings is 3. The fourth-order valence-corrected chi connectivity index (χ4v) is 5.77. The maximum atomic E-state index is 12.6. The molecule has 0 saturated carbocycles. The summed E-state index contributed by atoms with van der Waals surface area (Å²) in [6.45, 7) is 0.811. The van der Waals surface area contributed by atoms with Gasteiger partial charge in [-0.3, -0.25) is 0 Å². The first-order chi connectivity index (χ1) is 16.9. The van der Waals surface area contributed by atoms with Gasteiger partial charge >= 0.3 is 18.3 Å². The zero-order chi connectivity index (χ0) is 26.5. The molecule has 36 heavy (non-hydrogen) atoms. The van der Waals surface area contributed by atoms with Crippen molar-refractivity contribution >= 4 is 16.9 Å². The van der Waals surface area contributed by atoms with E-state index in [9.17, 15) is 31.1 Å². The average Bonchev–Trinajstić information content (AvgIpc) is 2.78. The van der Waals surface area contributed by atoms with Crippen molar-refractivity contribution < 1.29 is 40.6 Å². The number of hydrogen-bond acceptors (Lipinski definition) is 3. The number of rotatable bonds is 8. The van der Waals surface area contributed by atoms with Crippen LogP contribution in [0.25, 0.3) is 0 Å². The Morgan fingerprint density at radius 2 is 1.22 bits per heavy atom. The topological polar surface area (TPSA) is 35.5 Å². The Kier molecular flexibility index (Phi) is 8.60.